The summed E-state index contributed by atoms with van der Waals surface area (Å²) in [6, 6.07) is 7.13. The zero-order valence-corrected chi connectivity index (χ0v) is 24.0. The Morgan fingerprint density at radius 1 is 1.26 bits per heavy atom. The predicted octanol–water partition coefficient (Wildman–Crippen LogP) is 3.57. The molecule has 9 nitrogen and oxygen atoms in total. The summed E-state index contributed by atoms with van der Waals surface area (Å²) in [7, 11) is 1.76. The molecule has 1 aliphatic heterocycles. The summed E-state index contributed by atoms with van der Waals surface area (Å²) in [5, 5.41) is 13.5. The molecule has 0 spiro atoms. The highest BCUT2D eigenvalue weighted by atomic mass is 16.5. The maximum absolute atomic E-state index is 12.7. The van der Waals surface area contributed by atoms with Crippen LogP contribution in [0, 0.1) is 18.3 Å². The summed E-state index contributed by atoms with van der Waals surface area (Å²) in [4.78, 5) is 30.0. The van der Waals surface area contributed by atoms with Gasteiger partial charge in [0.15, 0.2) is 0 Å². The molecular weight excluding hydrogens is 496 g/mol. The van der Waals surface area contributed by atoms with Crippen molar-refractivity contribution in [1.29, 1.82) is 0 Å². The SMILES string of the molecule is Cc1cc(-c2nc3ccc(CN[C@H](C(=O)OCC(C)(C)C)[C@@H](C)O)cc3n2CC2CCOCC2)cn(C)c1=O. The van der Waals surface area contributed by atoms with E-state index in [4.69, 9.17) is 14.5 Å². The van der Waals surface area contributed by atoms with Gasteiger partial charge in [0.25, 0.3) is 5.56 Å². The summed E-state index contributed by atoms with van der Waals surface area (Å²) in [5.74, 6) is 0.827. The van der Waals surface area contributed by atoms with Crippen LogP contribution < -0.4 is 10.9 Å². The van der Waals surface area contributed by atoms with Crippen molar-refractivity contribution < 1.29 is 19.4 Å². The summed E-state index contributed by atoms with van der Waals surface area (Å²) in [5.41, 5.74) is 4.21. The lowest BCUT2D eigenvalue weighted by Gasteiger charge is -2.24. The maximum Gasteiger partial charge on any atom is 0.325 e. The van der Waals surface area contributed by atoms with Crippen LogP contribution in [0.15, 0.2) is 35.3 Å². The Kier molecular flexibility index (Phi) is 8.93. The number of benzene rings is 1. The molecule has 1 aromatic carbocycles. The molecule has 2 N–H and O–H groups in total. The van der Waals surface area contributed by atoms with Crippen LogP contribution in [0.25, 0.3) is 22.4 Å². The Morgan fingerprint density at radius 3 is 2.62 bits per heavy atom. The van der Waals surface area contributed by atoms with Gasteiger partial charge in [-0.15, -0.1) is 0 Å². The van der Waals surface area contributed by atoms with Gasteiger partial charge in [0.2, 0.25) is 0 Å². The number of pyridine rings is 1. The monoisotopic (exact) mass is 538 g/mol. The minimum absolute atomic E-state index is 0.0205. The van der Waals surface area contributed by atoms with Gasteiger partial charge in [-0.05, 0) is 61.8 Å². The normalized spacial score (nSPS) is 16.4. The van der Waals surface area contributed by atoms with Crippen LogP contribution in [0.5, 0.6) is 0 Å². The number of aliphatic hydroxyl groups is 1. The van der Waals surface area contributed by atoms with E-state index in [0.717, 1.165) is 60.6 Å². The number of fused-ring (bicyclic) bond motifs is 1. The number of esters is 1. The minimum atomic E-state index is -0.903. The first-order valence-corrected chi connectivity index (χ1v) is 13.8. The van der Waals surface area contributed by atoms with Gasteiger partial charge in [0.1, 0.15) is 11.9 Å². The third-order valence-electron chi connectivity index (χ3n) is 7.12. The first kappa shape index (κ1) is 29.0. The van der Waals surface area contributed by atoms with Gasteiger partial charge >= 0.3 is 5.97 Å². The van der Waals surface area contributed by atoms with Crippen molar-refractivity contribution in [2.75, 3.05) is 19.8 Å². The van der Waals surface area contributed by atoms with E-state index in [0.29, 0.717) is 18.0 Å². The van der Waals surface area contributed by atoms with E-state index < -0.39 is 18.1 Å². The topological polar surface area (TPSA) is 108 Å². The van der Waals surface area contributed by atoms with Crippen molar-refractivity contribution in [3.05, 3.63) is 51.9 Å². The fraction of sp³-hybridized carbons (Fsp3) is 0.567. The number of hydrogen-bond donors (Lipinski definition) is 2. The van der Waals surface area contributed by atoms with E-state index >= 15 is 0 Å². The van der Waals surface area contributed by atoms with E-state index in [2.05, 4.69) is 16.0 Å². The lowest BCUT2D eigenvalue weighted by molar-refractivity contribution is -0.151. The van der Waals surface area contributed by atoms with Crippen molar-refractivity contribution in [1.82, 2.24) is 19.4 Å². The number of nitrogens with one attached hydrogen (secondary N) is 1. The second kappa shape index (κ2) is 12.0. The van der Waals surface area contributed by atoms with Crippen LogP contribution in [-0.4, -0.2) is 57.2 Å². The average Bonchev–Trinajstić information content (AvgIpc) is 3.23. The van der Waals surface area contributed by atoms with Gasteiger partial charge in [-0.2, -0.15) is 0 Å². The van der Waals surface area contributed by atoms with Crippen LogP contribution in [0.1, 0.15) is 51.7 Å². The van der Waals surface area contributed by atoms with E-state index in [1.807, 2.05) is 52.1 Å². The van der Waals surface area contributed by atoms with E-state index in [1.54, 1.807) is 18.5 Å². The van der Waals surface area contributed by atoms with E-state index in [9.17, 15) is 14.7 Å². The number of rotatable bonds is 9. The molecule has 0 bridgehead atoms. The van der Waals surface area contributed by atoms with Crippen LogP contribution in [0.4, 0.5) is 0 Å². The lowest BCUT2D eigenvalue weighted by Crippen LogP contribution is -2.46. The summed E-state index contributed by atoms with van der Waals surface area (Å²) in [6.07, 6.45) is 2.91. The predicted molar refractivity (Wildman–Crippen MR) is 151 cm³/mol. The number of imidazole rings is 1. The van der Waals surface area contributed by atoms with Crippen molar-refractivity contribution in [2.45, 2.75) is 72.7 Å². The molecule has 3 aromatic rings. The summed E-state index contributed by atoms with van der Waals surface area (Å²) in [6.45, 7) is 12.4. The Bertz CT molecular complexity index is 1340. The highest BCUT2D eigenvalue weighted by Crippen LogP contribution is 2.29. The Balaban J connectivity index is 1.65. The molecule has 9 heteroatoms. The summed E-state index contributed by atoms with van der Waals surface area (Å²) < 4.78 is 14.9. The Hall–Kier alpha value is -3.01. The van der Waals surface area contributed by atoms with Crippen molar-refractivity contribution in [3.8, 4) is 11.4 Å². The van der Waals surface area contributed by atoms with Crippen molar-refractivity contribution in [2.24, 2.45) is 18.4 Å². The third-order valence-corrected chi connectivity index (χ3v) is 7.12. The lowest BCUT2D eigenvalue weighted by atomic mass is 9.98. The number of carbonyl (C=O) groups is 1. The highest BCUT2D eigenvalue weighted by molar-refractivity contribution is 5.81. The van der Waals surface area contributed by atoms with Gasteiger partial charge in [-0.25, -0.2) is 4.98 Å². The average molecular weight is 539 g/mol. The van der Waals surface area contributed by atoms with Crippen LogP contribution >= 0.6 is 0 Å². The van der Waals surface area contributed by atoms with Gasteiger partial charge in [-0.1, -0.05) is 26.8 Å². The molecule has 1 aliphatic rings. The van der Waals surface area contributed by atoms with Gasteiger partial charge in [0, 0.05) is 50.7 Å². The highest BCUT2D eigenvalue weighted by Gasteiger charge is 2.27. The van der Waals surface area contributed by atoms with E-state index in [-0.39, 0.29) is 17.6 Å². The zero-order chi connectivity index (χ0) is 28.3. The molecule has 212 valence electrons. The quantitative estimate of drug-likeness (QED) is 0.401. The number of aromatic nitrogens is 3. The maximum atomic E-state index is 12.7. The standard InChI is InChI=1S/C30H42N4O5/c1-19-13-23(17-33(6)28(19)36)27-32-24-8-7-22(14-25(24)34(27)16-21-9-11-38-12-10-21)15-31-26(20(2)35)29(37)39-18-30(3,4)5/h7-8,13-14,17,20-21,26,31,35H,9-12,15-16,18H2,1-6H3/t20-,26+/m1/s1. The second-order valence-corrected chi connectivity index (χ2v) is 12.0. The van der Waals surface area contributed by atoms with E-state index in [1.165, 1.54) is 0 Å². The number of carbonyl (C=O) groups excluding carboxylic acids is 1. The molecule has 0 radical (unpaired) electrons. The van der Waals surface area contributed by atoms with Crippen molar-refractivity contribution in [3.63, 3.8) is 0 Å². The third kappa shape index (κ3) is 7.15. The number of nitrogens with zero attached hydrogens (tertiary/aromatic N) is 3. The Labute approximate surface area is 230 Å². The largest absolute Gasteiger partial charge is 0.464 e. The molecule has 2 atom stereocenters. The molecule has 0 amide bonds. The number of aryl methyl sites for hydroxylation is 2. The smallest absolute Gasteiger partial charge is 0.325 e. The van der Waals surface area contributed by atoms with Gasteiger partial charge in [-0.3, -0.25) is 14.9 Å². The molecule has 1 saturated heterocycles. The first-order chi connectivity index (χ1) is 18.4. The number of ether oxygens (including phenoxy) is 2. The molecule has 0 saturated carbocycles. The molecule has 0 unspecified atom stereocenters. The first-order valence-electron chi connectivity index (χ1n) is 13.8. The number of aliphatic hydroxyl groups excluding tert-OH is 1. The Morgan fingerprint density at radius 2 is 1.97 bits per heavy atom. The van der Waals surface area contributed by atoms with Gasteiger partial charge < -0.3 is 23.7 Å². The molecule has 39 heavy (non-hydrogen) atoms. The fourth-order valence-electron chi connectivity index (χ4n) is 4.93. The van der Waals surface area contributed by atoms with Crippen molar-refractivity contribution >= 4 is 17.0 Å². The molecule has 4 rings (SSSR count). The fourth-order valence-corrected chi connectivity index (χ4v) is 4.93. The molecule has 0 aliphatic carbocycles. The number of hydrogen-bond acceptors (Lipinski definition) is 7. The summed E-state index contributed by atoms with van der Waals surface area (Å²) >= 11 is 0. The van der Waals surface area contributed by atoms with Crippen LogP contribution in [-0.2, 0) is 34.4 Å². The molecule has 2 aromatic heterocycles. The molecule has 3 heterocycles. The van der Waals surface area contributed by atoms with Crippen LogP contribution in [0.3, 0.4) is 0 Å². The van der Waals surface area contributed by atoms with Crippen LogP contribution in [0.2, 0.25) is 0 Å². The second-order valence-electron chi connectivity index (χ2n) is 12.0. The molecular formula is C30H42N4O5. The zero-order valence-electron chi connectivity index (χ0n) is 24.0. The molecule has 1 fully saturated rings. The van der Waals surface area contributed by atoms with Gasteiger partial charge in [0.05, 0.1) is 23.7 Å². The minimum Gasteiger partial charge on any atom is -0.464 e.